The van der Waals surface area contributed by atoms with E-state index in [4.69, 9.17) is 14.2 Å². The van der Waals surface area contributed by atoms with Gasteiger partial charge in [-0.2, -0.15) is 4.98 Å². The molecule has 0 spiro atoms. The molecular weight excluding hydrogens is 426 g/mol. The van der Waals surface area contributed by atoms with E-state index in [-0.39, 0.29) is 12.1 Å². The summed E-state index contributed by atoms with van der Waals surface area (Å²) in [6.07, 6.45) is 2.62. The first kappa shape index (κ1) is 22.7. The van der Waals surface area contributed by atoms with Gasteiger partial charge in [-0.25, -0.2) is 4.79 Å². The van der Waals surface area contributed by atoms with Crippen LogP contribution in [0.25, 0.3) is 16.9 Å². The lowest BCUT2D eigenvalue weighted by Gasteiger charge is -2.10. The number of aromatic nitrogens is 5. The maximum absolute atomic E-state index is 13.2. The topological polar surface area (TPSA) is 93.9 Å². The Morgan fingerprint density at radius 2 is 1.79 bits per heavy atom. The minimum atomic E-state index is -0.401. The fourth-order valence-electron chi connectivity index (χ4n) is 4.11. The van der Waals surface area contributed by atoms with E-state index in [1.165, 1.54) is 9.13 Å². The SMILES string of the molecule is CCOCCn1c(=O)c2c(nc3n(CCc4ccc(OC)c(OC)c4)c(C)cn23)n(C)c1=O. The van der Waals surface area contributed by atoms with Crippen LogP contribution in [0.5, 0.6) is 11.5 Å². The Morgan fingerprint density at radius 1 is 1.03 bits per heavy atom. The monoisotopic (exact) mass is 455 g/mol. The van der Waals surface area contributed by atoms with Gasteiger partial charge in [0, 0.05) is 32.1 Å². The summed E-state index contributed by atoms with van der Waals surface area (Å²) in [6.45, 7) is 5.51. The number of rotatable bonds is 9. The molecule has 0 bridgehead atoms. The number of hydrogen-bond donors (Lipinski definition) is 0. The summed E-state index contributed by atoms with van der Waals surface area (Å²) in [5.41, 5.74) is 2.04. The fourth-order valence-corrected chi connectivity index (χ4v) is 4.11. The molecule has 10 nitrogen and oxygen atoms in total. The summed E-state index contributed by atoms with van der Waals surface area (Å²) in [5.74, 6) is 1.98. The van der Waals surface area contributed by atoms with Crippen LogP contribution in [-0.2, 0) is 31.3 Å². The van der Waals surface area contributed by atoms with Crippen LogP contribution >= 0.6 is 0 Å². The normalized spacial score (nSPS) is 11.5. The number of hydrogen-bond acceptors (Lipinski definition) is 6. The van der Waals surface area contributed by atoms with Crippen molar-refractivity contribution in [2.24, 2.45) is 7.05 Å². The molecule has 4 aromatic rings. The first-order valence-electron chi connectivity index (χ1n) is 10.9. The van der Waals surface area contributed by atoms with Gasteiger partial charge in [0.05, 0.1) is 27.4 Å². The van der Waals surface area contributed by atoms with Crippen molar-refractivity contribution in [3.63, 3.8) is 0 Å². The highest BCUT2D eigenvalue weighted by Gasteiger charge is 2.20. The summed E-state index contributed by atoms with van der Waals surface area (Å²) in [4.78, 5) is 30.6. The van der Waals surface area contributed by atoms with Gasteiger partial charge in [0.2, 0.25) is 5.78 Å². The molecule has 0 radical (unpaired) electrons. The van der Waals surface area contributed by atoms with Crippen molar-refractivity contribution < 1.29 is 14.2 Å². The van der Waals surface area contributed by atoms with Crippen LogP contribution in [0.1, 0.15) is 18.2 Å². The Hall–Kier alpha value is -3.53. The molecule has 0 saturated carbocycles. The molecule has 0 amide bonds. The molecule has 0 unspecified atom stereocenters. The first-order chi connectivity index (χ1) is 15.9. The van der Waals surface area contributed by atoms with Gasteiger partial charge in [-0.1, -0.05) is 6.07 Å². The molecule has 0 saturated heterocycles. The Labute approximate surface area is 190 Å². The Bertz CT molecular complexity index is 1430. The summed E-state index contributed by atoms with van der Waals surface area (Å²) < 4.78 is 22.5. The molecule has 0 aliphatic carbocycles. The smallest absolute Gasteiger partial charge is 0.332 e. The zero-order valence-electron chi connectivity index (χ0n) is 19.6. The first-order valence-corrected chi connectivity index (χ1v) is 10.9. The highest BCUT2D eigenvalue weighted by molar-refractivity contribution is 5.75. The average Bonchev–Trinajstić information content (AvgIpc) is 3.33. The maximum atomic E-state index is 13.2. The van der Waals surface area contributed by atoms with E-state index in [1.54, 1.807) is 25.7 Å². The van der Waals surface area contributed by atoms with E-state index in [2.05, 4.69) is 4.98 Å². The van der Waals surface area contributed by atoms with Crippen LogP contribution in [0.4, 0.5) is 0 Å². The van der Waals surface area contributed by atoms with E-state index in [0.717, 1.165) is 17.7 Å². The number of nitrogens with zero attached hydrogens (tertiary/aromatic N) is 5. The minimum absolute atomic E-state index is 0.196. The third kappa shape index (κ3) is 3.91. The van der Waals surface area contributed by atoms with Gasteiger partial charge in [-0.15, -0.1) is 0 Å². The number of benzene rings is 1. The number of fused-ring (bicyclic) bond motifs is 3. The Morgan fingerprint density at radius 3 is 2.48 bits per heavy atom. The molecule has 0 atom stereocenters. The lowest BCUT2D eigenvalue weighted by atomic mass is 10.1. The van der Waals surface area contributed by atoms with Crippen LogP contribution < -0.4 is 20.7 Å². The van der Waals surface area contributed by atoms with E-state index < -0.39 is 5.69 Å². The van der Waals surface area contributed by atoms with Crippen molar-refractivity contribution in [3.05, 3.63) is 56.5 Å². The average molecular weight is 456 g/mol. The van der Waals surface area contributed by atoms with Crippen LogP contribution in [-0.4, -0.2) is 50.5 Å². The second kappa shape index (κ2) is 9.14. The van der Waals surface area contributed by atoms with Gasteiger partial charge in [0.1, 0.15) is 0 Å². The molecule has 4 rings (SSSR count). The molecule has 0 N–H and O–H groups in total. The zero-order valence-corrected chi connectivity index (χ0v) is 19.6. The van der Waals surface area contributed by atoms with Crippen LogP contribution in [0.3, 0.4) is 0 Å². The van der Waals surface area contributed by atoms with E-state index in [0.29, 0.717) is 48.2 Å². The van der Waals surface area contributed by atoms with Gasteiger partial charge in [-0.3, -0.25) is 18.3 Å². The molecule has 0 aliphatic heterocycles. The third-order valence-corrected chi connectivity index (χ3v) is 5.88. The highest BCUT2D eigenvalue weighted by Crippen LogP contribution is 2.28. The summed E-state index contributed by atoms with van der Waals surface area (Å²) >= 11 is 0. The van der Waals surface area contributed by atoms with Gasteiger partial charge in [0.15, 0.2) is 22.7 Å². The predicted octanol–water partition coefficient (Wildman–Crippen LogP) is 1.75. The molecule has 3 heterocycles. The standard InChI is InChI=1S/C23H29N5O5/c1-6-33-12-11-27-21(29)19-20(25(3)23(27)30)24-22-26(15(2)14-28(19)22)10-9-16-7-8-17(31-4)18(13-16)32-5/h7-8,13-14H,6,9-12H2,1-5H3. The van der Waals surface area contributed by atoms with Crippen LogP contribution in [0.2, 0.25) is 0 Å². The van der Waals surface area contributed by atoms with Gasteiger partial charge < -0.3 is 18.8 Å². The summed E-state index contributed by atoms with van der Waals surface area (Å²) in [5, 5.41) is 0. The fraction of sp³-hybridized carbons (Fsp3) is 0.435. The number of aryl methyl sites for hydroxylation is 4. The second-order valence-electron chi connectivity index (χ2n) is 7.81. The lowest BCUT2D eigenvalue weighted by molar-refractivity contribution is 0.137. The van der Waals surface area contributed by atoms with Gasteiger partial charge in [0.25, 0.3) is 5.56 Å². The summed E-state index contributed by atoms with van der Waals surface area (Å²) in [6, 6.07) is 5.84. The van der Waals surface area contributed by atoms with Crippen molar-refractivity contribution in [1.82, 2.24) is 23.1 Å². The highest BCUT2D eigenvalue weighted by atomic mass is 16.5. The molecule has 1 aromatic carbocycles. The maximum Gasteiger partial charge on any atom is 0.332 e. The molecule has 33 heavy (non-hydrogen) atoms. The molecular formula is C23H29N5O5. The largest absolute Gasteiger partial charge is 0.493 e. The van der Waals surface area contributed by atoms with Crippen molar-refractivity contribution in [2.45, 2.75) is 33.4 Å². The quantitative estimate of drug-likeness (QED) is 0.357. The lowest BCUT2D eigenvalue weighted by Crippen LogP contribution is -2.40. The molecule has 176 valence electrons. The third-order valence-electron chi connectivity index (χ3n) is 5.88. The number of methoxy groups -OCH3 is 2. The van der Waals surface area contributed by atoms with Gasteiger partial charge >= 0.3 is 5.69 Å². The Balaban J connectivity index is 1.74. The van der Waals surface area contributed by atoms with Gasteiger partial charge in [-0.05, 0) is 38.0 Å². The van der Waals surface area contributed by atoms with E-state index in [9.17, 15) is 9.59 Å². The molecule has 0 fully saturated rings. The van der Waals surface area contributed by atoms with Crippen LogP contribution in [0, 0.1) is 6.92 Å². The molecule has 3 aromatic heterocycles. The van der Waals surface area contributed by atoms with E-state index >= 15 is 0 Å². The van der Waals surface area contributed by atoms with Crippen molar-refractivity contribution in [3.8, 4) is 11.5 Å². The van der Waals surface area contributed by atoms with Crippen LogP contribution in [0.15, 0.2) is 34.0 Å². The second-order valence-corrected chi connectivity index (χ2v) is 7.81. The van der Waals surface area contributed by atoms with Crippen molar-refractivity contribution >= 4 is 16.9 Å². The van der Waals surface area contributed by atoms with E-state index in [1.807, 2.05) is 42.8 Å². The molecule has 10 heteroatoms. The van der Waals surface area contributed by atoms with Crippen molar-refractivity contribution in [1.29, 1.82) is 0 Å². The Kier molecular flexibility index (Phi) is 6.28. The number of ether oxygens (including phenoxy) is 3. The van der Waals surface area contributed by atoms with Crippen molar-refractivity contribution in [2.75, 3.05) is 27.4 Å². The molecule has 0 aliphatic rings. The summed E-state index contributed by atoms with van der Waals surface area (Å²) in [7, 11) is 4.86. The predicted molar refractivity (Wildman–Crippen MR) is 125 cm³/mol. The minimum Gasteiger partial charge on any atom is -0.493 e. The number of imidazole rings is 2. The zero-order chi connectivity index (χ0) is 23.7.